The Kier molecular flexibility index (Phi) is 7.66. The van der Waals surface area contributed by atoms with Gasteiger partial charge in [-0.1, -0.05) is 30.1 Å². The molecule has 3 rings (SSSR count). The maximum atomic E-state index is 13.8. The smallest absolute Gasteiger partial charge is 0.144 e. The third-order valence-corrected chi connectivity index (χ3v) is 6.41. The molecule has 0 aromatic heterocycles. The van der Waals surface area contributed by atoms with E-state index in [9.17, 15) is 4.39 Å². The lowest BCUT2D eigenvalue weighted by Gasteiger charge is -2.49. The summed E-state index contributed by atoms with van der Waals surface area (Å²) in [5.41, 5.74) is -0.0615. The predicted octanol–water partition coefficient (Wildman–Crippen LogP) is 5.39. The molecule has 1 saturated heterocycles. The van der Waals surface area contributed by atoms with Crippen molar-refractivity contribution in [3.63, 3.8) is 0 Å². The Morgan fingerprint density at radius 1 is 1.28 bits per heavy atom. The Bertz CT molecular complexity index is 900. The average molecular weight is 454 g/mol. The van der Waals surface area contributed by atoms with E-state index in [1.807, 2.05) is 18.2 Å². The van der Waals surface area contributed by atoms with E-state index >= 15 is 0 Å². The summed E-state index contributed by atoms with van der Waals surface area (Å²) in [5.74, 6) is -0.130. The second-order valence-electron chi connectivity index (χ2n) is 7.18. The molecule has 154 valence electrons. The number of benzene rings is 2. The molecule has 1 aliphatic heterocycles. The van der Waals surface area contributed by atoms with Gasteiger partial charge in [0.15, 0.2) is 0 Å². The van der Waals surface area contributed by atoms with Crippen LogP contribution in [0.15, 0.2) is 41.3 Å². The standard InChI is InChI=1S/C21H22Cl2FN3OS/c1-2-7-26-11-21(14-28-17-5-3-15(10-25)19(24)9-17)12-27(13-21)29-20-6-4-16(22)8-18(20)23/h3-6,8-9,26H,2,7,11-14H2,1H3. The van der Waals surface area contributed by atoms with E-state index in [0.29, 0.717) is 22.4 Å². The van der Waals surface area contributed by atoms with Gasteiger partial charge in [0.2, 0.25) is 0 Å². The summed E-state index contributed by atoms with van der Waals surface area (Å²) in [6.07, 6.45) is 1.05. The van der Waals surface area contributed by atoms with Gasteiger partial charge in [0.05, 0.1) is 17.2 Å². The molecular weight excluding hydrogens is 432 g/mol. The number of nitriles is 1. The van der Waals surface area contributed by atoms with Crippen LogP contribution in [0.5, 0.6) is 5.75 Å². The molecular formula is C21H22Cl2FN3OS. The fourth-order valence-electron chi connectivity index (χ4n) is 3.15. The number of hydrogen-bond donors (Lipinski definition) is 1. The number of hydrogen-bond acceptors (Lipinski definition) is 5. The van der Waals surface area contributed by atoms with Gasteiger partial charge in [0, 0.05) is 41.0 Å². The Hall–Kier alpha value is -1.49. The minimum absolute atomic E-state index is 0.0164. The molecule has 0 amide bonds. The van der Waals surface area contributed by atoms with Crippen molar-refractivity contribution in [2.24, 2.45) is 5.41 Å². The van der Waals surface area contributed by atoms with Crippen molar-refractivity contribution >= 4 is 35.1 Å². The number of halogens is 3. The molecule has 8 heteroatoms. The monoisotopic (exact) mass is 453 g/mol. The summed E-state index contributed by atoms with van der Waals surface area (Å²) in [6.45, 7) is 5.95. The maximum Gasteiger partial charge on any atom is 0.144 e. The fraction of sp³-hybridized carbons (Fsp3) is 0.381. The van der Waals surface area contributed by atoms with Crippen LogP contribution in [0.1, 0.15) is 18.9 Å². The first-order valence-corrected chi connectivity index (χ1v) is 10.9. The predicted molar refractivity (Wildman–Crippen MR) is 116 cm³/mol. The molecule has 0 unspecified atom stereocenters. The highest BCUT2D eigenvalue weighted by Crippen LogP contribution is 2.41. The van der Waals surface area contributed by atoms with Crippen molar-refractivity contribution in [2.45, 2.75) is 18.2 Å². The lowest BCUT2D eigenvalue weighted by Crippen LogP contribution is -2.60. The third kappa shape index (κ3) is 5.78. The van der Waals surface area contributed by atoms with Gasteiger partial charge in [0.1, 0.15) is 17.6 Å². The number of nitrogens with one attached hydrogen (secondary N) is 1. The molecule has 0 spiro atoms. The largest absolute Gasteiger partial charge is 0.493 e. The van der Waals surface area contributed by atoms with Gasteiger partial charge in [-0.05, 0) is 55.2 Å². The van der Waals surface area contributed by atoms with Gasteiger partial charge < -0.3 is 10.1 Å². The molecule has 2 aromatic carbocycles. The lowest BCUT2D eigenvalue weighted by molar-refractivity contribution is 0.0258. The highest BCUT2D eigenvalue weighted by atomic mass is 35.5. The van der Waals surface area contributed by atoms with Crippen LogP contribution >= 0.6 is 35.1 Å². The Morgan fingerprint density at radius 2 is 2.07 bits per heavy atom. The molecule has 1 N–H and O–H groups in total. The average Bonchev–Trinajstić information content (AvgIpc) is 2.66. The van der Waals surface area contributed by atoms with E-state index < -0.39 is 5.82 Å². The van der Waals surface area contributed by atoms with E-state index in [0.717, 1.165) is 37.5 Å². The van der Waals surface area contributed by atoms with Crippen LogP contribution < -0.4 is 10.1 Å². The van der Waals surface area contributed by atoms with Gasteiger partial charge in [-0.2, -0.15) is 5.26 Å². The first-order valence-electron chi connectivity index (χ1n) is 9.36. The highest BCUT2D eigenvalue weighted by molar-refractivity contribution is 7.97. The molecule has 1 heterocycles. The van der Waals surface area contributed by atoms with Gasteiger partial charge in [-0.3, -0.25) is 0 Å². The molecule has 1 fully saturated rings. The zero-order valence-electron chi connectivity index (χ0n) is 16.1. The zero-order valence-corrected chi connectivity index (χ0v) is 18.4. The van der Waals surface area contributed by atoms with Crippen LogP contribution in [-0.4, -0.2) is 37.1 Å². The zero-order chi connectivity index (χ0) is 20.9. The normalized spacial score (nSPS) is 15.6. The van der Waals surface area contributed by atoms with E-state index in [2.05, 4.69) is 16.5 Å². The van der Waals surface area contributed by atoms with Crippen LogP contribution in [0.25, 0.3) is 0 Å². The van der Waals surface area contributed by atoms with E-state index in [-0.39, 0.29) is 11.0 Å². The first-order chi connectivity index (χ1) is 13.9. The molecule has 0 aliphatic carbocycles. The van der Waals surface area contributed by atoms with E-state index in [1.165, 1.54) is 12.1 Å². The van der Waals surface area contributed by atoms with Crippen LogP contribution in [0.3, 0.4) is 0 Å². The highest BCUT2D eigenvalue weighted by Gasteiger charge is 2.44. The SMILES string of the molecule is CCCNCC1(COc2ccc(C#N)c(F)c2)CN(Sc2ccc(Cl)cc2Cl)C1. The quantitative estimate of drug-likeness (QED) is 0.407. The van der Waals surface area contributed by atoms with E-state index in [4.69, 9.17) is 33.2 Å². The third-order valence-electron chi connectivity index (χ3n) is 4.68. The Labute approximate surface area is 185 Å². The molecule has 0 saturated carbocycles. The fourth-order valence-corrected chi connectivity index (χ4v) is 4.89. The molecule has 0 bridgehead atoms. The minimum Gasteiger partial charge on any atom is -0.493 e. The number of rotatable bonds is 9. The van der Waals surface area contributed by atoms with E-state index in [1.54, 1.807) is 24.1 Å². The summed E-state index contributed by atoms with van der Waals surface area (Å²) >= 11 is 13.9. The molecule has 29 heavy (non-hydrogen) atoms. The van der Waals surface area contributed by atoms with Gasteiger partial charge in [-0.15, -0.1) is 0 Å². The van der Waals surface area contributed by atoms with Gasteiger partial charge >= 0.3 is 0 Å². The second-order valence-corrected chi connectivity index (χ2v) is 9.17. The van der Waals surface area contributed by atoms with Gasteiger partial charge in [-0.25, -0.2) is 8.70 Å². The maximum absolute atomic E-state index is 13.8. The molecule has 0 radical (unpaired) electrons. The molecule has 0 atom stereocenters. The Morgan fingerprint density at radius 3 is 2.72 bits per heavy atom. The van der Waals surface area contributed by atoms with Crippen molar-refractivity contribution in [1.82, 2.24) is 9.62 Å². The molecule has 4 nitrogen and oxygen atoms in total. The summed E-state index contributed by atoms with van der Waals surface area (Å²) in [7, 11) is 0. The van der Waals surface area contributed by atoms with Crippen LogP contribution in [0.4, 0.5) is 4.39 Å². The van der Waals surface area contributed by atoms with Crippen LogP contribution in [-0.2, 0) is 0 Å². The minimum atomic E-state index is -0.564. The number of ether oxygens (including phenoxy) is 1. The van der Waals surface area contributed by atoms with Crippen LogP contribution in [0.2, 0.25) is 10.0 Å². The van der Waals surface area contributed by atoms with Crippen molar-refractivity contribution in [1.29, 1.82) is 5.26 Å². The van der Waals surface area contributed by atoms with Crippen molar-refractivity contribution in [3.05, 3.63) is 57.8 Å². The molecule has 2 aromatic rings. The van der Waals surface area contributed by atoms with Crippen LogP contribution in [0, 0.1) is 22.6 Å². The number of nitrogens with zero attached hydrogens (tertiary/aromatic N) is 2. The topological polar surface area (TPSA) is 48.3 Å². The summed E-state index contributed by atoms with van der Waals surface area (Å²) in [4.78, 5) is 0.960. The summed E-state index contributed by atoms with van der Waals surface area (Å²) < 4.78 is 22.0. The van der Waals surface area contributed by atoms with Gasteiger partial charge in [0.25, 0.3) is 0 Å². The molecule has 1 aliphatic rings. The first kappa shape index (κ1) is 22.2. The summed E-state index contributed by atoms with van der Waals surface area (Å²) in [6, 6.07) is 11.6. The van der Waals surface area contributed by atoms with Crippen molar-refractivity contribution in [2.75, 3.05) is 32.8 Å². The summed E-state index contributed by atoms with van der Waals surface area (Å²) in [5, 5.41) is 13.6. The van der Waals surface area contributed by atoms with Crippen molar-refractivity contribution < 1.29 is 9.13 Å². The Balaban J connectivity index is 1.61. The lowest BCUT2D eigenvalue weighted by atomic mass is 9.82. The van der Waals surface area contributed by atoms with Crippen molar-refractivity contribution in [3.8, 4) is 11.8 Å². The second kappa shape index (κ2) is 10.0.